The van der Waals surface area contributed by atoms with Crippen LogP contribution >= 0.6 is 58.0 Å². The number of hydrogen-bond acceptors (Lipinski definition) is 2. The van der Waals surface area contributed by atoms with E-state index >= 15 is 0 Å². The van der Waals surface area contributed by atoms with Crippen LogP contribution in [-0.2, 0) is 9.59 Å². The Morgan fingerprint density at radius 2 is 1.24 bits per heavy atom. The number of aldehydes is 2. The average Bonchev–Trinajstić information content (AvgIpc) is 2.33. The Hall–Kier alpha value is 0.01000. The molecule has 17 heavy (non-hydrogen) atoms. The van der Waals surface area contributed by atoms with Gasteiger partial charge in [-0.2, -0.15) is 0 Å². The molecule has 1 aromatic carbocycles. The third-order valence-electron chi connectivity index (χ3n) is 2.13. The summed E-state index contributed by atoms with van der Waals surface area (Å²) in [6.07, 6.45) is 1.08. The normalized spacial score (nSPS) is 12.3. The quantitative estimate of drug-likeness (QED) is 0.449. The molecule has 92 valence electrons. The summed E-state index contributed by atoms with van der Waals surface area (Å²) in [5.41, 5.74) is 0.217. The molecule has 0 saturated carbocycles. The summed E-state index contributed by atoms with van der Waals surface area (Å²) >= 11 is 29.4. The van der Waals surface area contributed by atoms with E-state index in [9.17, 15) is 9.59 Å². The van der Waals surface area contributed by atoms with Gasteiger partial charge >= 0.3 is 0 Å². The molecule has 1 atom stereocenters. The molecule has 0 fully saturated rings. The van der Waals surface area contributed by atoms with Gasteiger partial charge in [0, 0.05) is 17.9 Å². The van der Waals surface area contributed by atoms with E-state index < -0.39 is 5.92 Å². The molecule has 0 radical (unpaired) electrons. The van der Waals surface area contributed by atoms with Crippen LogP contribution in [0, 0.1) is 0 Å². The van der Waals surface area contributed by atoms with Crippen molar-refractivity contribution in [2.45, 2.75) is 12.3 Å². The van der Waals surface area contributed by atoms with E-state index in [1.165, 1.54) is 0 Å². The number of halogens is 5. The van der Waals surface area contributed by atoms with E-state index in [0.29, 0.717) is 12.6 Å². The second-order valence-electron chi connectivity index (χ2n) is 3.13. The Morgan fingerprint density at radius 1 is 0.824 bits per heavy atom. The van der Waals surface area contributed by atoms with Gasteiger partial charge in [0.25, 0.3) is 0 Å². The van der Waals surface area contributed by atoms with Gasteiger partial charge in [0.1, 0.15) is 12.6 Å². The van der Waals surface area contributed by atoms with Crippen LogP contribution in [-0.4, -0.2) is 12.6 Å². The predicted octanol–water partition coefficient (Wildman–Crippen LogP) is 4.83. The molecule has 0 aliphatic heterocycles. The van der Waals surface area contributed by atoms with Crippen LogP contribution in [0.5, 0.6) is 0 Å². The number of carbonyl (C=O) groups is 2. The Morgan fingerprint density at radius 3 is 1.59 bits per heavy atom. The van der Waals surface area contributed by atoms with Crippen LogP contribution in [0.4, 0.5) is 0 Å². The highest BCUT2D eigenvalue weighted by Crippen LogP contribution is 2.46. The van der Waals surface area contributed by atoms with Crippen molar-refractivity contribution in [1.29, 1.82) is 0 Å². The van der Waals surface area contributed by atoms with Crippen molar-refractivity contribution in [3.05, 3.63) is 30.7 Å². The summed E-state index contributed by atoms with van der Waals surface area (Å²) in [6.45, 7) is 0. The maximum absolute atomic E-state index is 10.9. The fourth-order valence-electron chi connectivity index (χ4n) is 1.29. The van der Waals surface area contributed by atoms with Crippen LogP contribution < -0.4 is 0 Å². The first-order valence-electron chi connectivity index (χ1n) is 4.35. The van der Waals surface area contributed by atoms with Crippen molar-refractivity contribution < 1.29 is 9.59 Å². The lowest BCUT2D eigenvalue weighted by molar-refractivity contribution is -0.113. The third-order valence-corrected chi connectivity index (χ3v) is 4.43. The highest BCUT2D eigenvalue weighted by atomic mass is 35.5. The molecule has 0 amide bonds. The molecule has 1 rings (SSSR count). The molecule has 0 saturated heterocycles. The minimum atomic E-state index is -0.792. The maximum atomic E-state index is 10.9. The Balaban J connectivity index is 3.52. The zero-order valence-electron chi connectivity index (χ0n) is 8.15. The minimum absolute atomic E-state index is 0.00971. The van der Waals surface area contributed by atoms with Crippen molar-refractivity contribution in [2.24, 2.45) is 0 Å². The number of rotatable bonds is 4. The van der Waals surface area contributed by atoms with Gasteiger partial charge in [0.15, 0.2) is 0 Å². The summed E-state index contributed by atoms with van der Waals surface area (Å²) in [4.78, 5) is 21.4. The SMILES string of the molecule is O=CCC(C=O)c1c(Cl)c(Cl)c(Cl)c(Cl)c1Cl. The van der Waals surface area contributed by atoms with Gasteiger partial charge in [-0.25, -0.2) is 0 Å². The first-order valence-corrected chi connectivity index (χ1v) is 6.24. The fraction of sp³-hybridized carbons (Fsp3) is 0.200. The smallest absolute Gasteiger partial charge is 0.127 e. The Bertz CT molecular complexity index is 443. The van der Waals surface area contributed by atoms with E-state index in [4.69, 9.17) is 58.0 Å². The summed E-state index contributed by atoms with van der Waals surface area (Å²) in [6, 6.07) is 0. The van der Waals surface area contributed by atoms with Crippen LogP contribution in [0.1, 0.15) is 17.9 Å². The Labute approximate surface area is 123 Å². The van der Waals surface area contributed by atoms with Crippen molar-refractivity contribution >= 4 is 70.6 Å². The fourth-order valence-corrected chi connectivity index (χ4v) is 2.73. The highest BCUT2D eigenvalue weighted by Gasteiger charge is 2.24. The molecule has 1 unspecified atom stereocenters. The molecule has 0 spiro atoms. The summed E-state index contributed by atoms with van der Waals surface area (Å²) in [5, 5.41) is 0.101. The van der Waals surface area contributed by atoms with Crippen LogP contribution in [0.2, 0.25) is 25.1 Å². The second-order valence-corrected chi connectivity index (χ2v) is 5.02. The highest BCUT2D eigenvalue weighted by molar-refractivity contribution is 6.55. The number of carbonyl (C=O) groups excluding carboxylic acids is 2. The van der Waals surface area contributed by atoms with Crippen molar-refractivity contribution in [1.82, 2.24) is 0 Å². The number of hydrogen-bond donors (Lipinski definition) is 0. The summed E-state index contributed by atoms with van der Waals surface area (Å²) in [5.74, 6) is -0.792. The third kappa shape index (κ3) is 2.88. The molecule has 1 aromatic rings. The maximum Gasteiger partial charge on any atom is 0.127 e. The van der Waals surface area contributed by atoms with Gasteiger partial charge in [0.05, 0.1) is 25.1 Å². The monoisotopic (exact) mass is 332 g/mol. The lowest BCUT2D eigenvalue weighted by Crippen LogP contribution is -2.04. The standard InChI is InChI=1S/C10H5Cl5O2/c11-6-5(4(3-17)1-2-16)7(12)9(14)10(15)8(6)13/h2-4H,1H2. The van der Waals surface area contributed by atoms with Crippen molar-refractivity contribution in [3.8, 4) is 0 Å². The molecular weight excluding hydrogens is 329 g/mol. The molecule has 0 bridgehead atoms. The minimum Gasteiger partial charge on any atom is -0.303 e. The average molecular weight is 334 g/mol. The topological polar surface area (TPSA) is 34.1 Å². The van der Waals surface area contributed by atoms with Gasteiger partial charge in [0.2, 0.25) is 0 Å². The molecule has 0 N–H and O–H groups in total. The van der Waals surface area contributed by atoms with E-state index in [2.05, 4.69) is 0 Å². The molecule has 7 heteroatoms. The van der Waals surface area contributed by atoms with E-state index in [0.717, 1.165) is 0 Å². The summed E-state index contributed by atoms with van der Waals surface area (Å²) in [7, 11) is 0. The molecule has 0 aromatic heterocycles. The molecule has 0 aliphatic rings. The van der Waals surface area contributed by atoms with Gasteiger partial charge in [-0.3, -0.25) is 0 Å². The van der Waals surface area contributed by atoms with Gasteiger partial charge < -0.3 is 9.59 Å². The van der Waals surface area contributed by atoms with E-state index in [1.54, 1.807) is 0 Å². The van der Waals surface area contributed by atoms with Gasteiger partial charge in [-0.1, -0.05) is 58.0 Å². The molecule has 0 heterocycles. The first-order chi connectivity index (χ1) is 7.95. The lowest BCUT2D eigenvalue weighted by Gasteiger charge is -2.15. The van der Waals surface area contributed by atoms with E-state index in [1.807, 2.05) is 0 Å². The lowest BCUT2D eigenvalue weighted by atomic mass is 9.97. The molecule has 2 nitrogen and oxygen atoms in total. The van der Waals surface area contributed by atoms with Gasteiger partial charge in [-0.15, -0.1) is 0 Å². The first kappa shape index (κ1) is 15.1. The van der Waals surface area contributed by atoms with E-state index in [-0.39, 0.29) is 37.1 Å². The zero-order chi connectivity index (χ0) is 13.2. The van der Waals surface area contributed by atoms with Crippen LogP contribution in [0.25, 0.3) is 0 Å². The van der Waals surface area contributed by atoms with Crippen LogP contribution in [0.15, 0.2) is 0 Å². The largest absolute Gasteiger partial charge is 0.303 e. The predicted molar refractivity (Wildman–Crippen MR) is 71.0 cm³/mol. The molecule has 0 aliphatic carbocycles. The Kier molecular flexibility index (Phi) is 5.55. The summed E-state index contributed by atoms with van der Waals surface area (Å²) < 4.78 is 0. The van der Waals surface area contributed by atoms with Crippen molar-refractivity contribution in [3.63, 3.8) is 0 Å². The zero-order valence-corrected chi connectivity index (χ0v) is 11.9. The van der Waals surface area contributed by atoms with Gasteiger partial charge in [-0.05, 0) is 0 Å². The number of benzene rings is 1. The van der Waals surface area contributed by atoms with Crippen molar-refractivity contribution in [2.75, 3.05) is 0 Å². The second kappa shape index (κ2) is 6.26. The molecular formula is C10H5Cl5O2. The van der Waals surface area contributed by atoms with Crippen LogP contribution in [0.3, 0.4) is 0 Å².